The highest BCUT2D eigenvalue weighted by Crippen LogP contribution is 2.41. The minimum absolute atomic E-state index is 0.0504. The second-order valence-electron chi connectivity index (χ2n) is 7.77. The molecule has 5 nitrogen and oxygen atoms in total. The highest BCUT2D eigenvalue weighted by molar-refractivity contribution is 7.89. The third kappa shape index (κ3) is 4.70. The van der Waals surface area contributed by atoms with Crippen LogP contribution in [0.25, 0.3) is 0 Å². The fraction of sp³-hybridized carbons (Fsp3) is 0.435. The lowest BCUT2D eigenvalue weighted by Crippen LogP contribution is -2.32. The van der Waals surface area contributed by atoms with Crippen LogP contribution in [0.2, 0.25) is 0 Å². The number of rotatable bonds is 8. The predicted octanol–water partition coefficient (Wildman–Crippen LogP) is 4.22. The Labute approximate surface area is 174 Å². The van der Waals surface area contributed by atoms with E-state index in [1.807, 2.05) is 27.7 Å². The number of nitrogens with zero attached hydrogens (tertiary/aromatic N) is 1. The quantitative estimate of drug-likeness (QED) is 0.703. The van der Waals surface area contributed by atoms with Crippen molar-refractivity contribution in [1.82, 2.24) is 9.62 Å². The first kappa shape index (κ1) is 21.5. The van der Waals surface area contributed by atoms with Crippen LogP contribution in [-0.4, -0.2) is 31.7 Å². The normalized spacial score (nSPS) is 15.3. The first-order chi connectivity index (χ1) is 13.8. The number of hydrogen-bond acceptors (Lipinski definition) is 3. The van der Waals surface area contributed by atoms with Crippen molar-refractivity contribution < 1.29 is 13.2 Å². The van der Waals surface area contributed by atoms with Crippen molar-refractivity contribution in [2.45, 2.75) is 51.5 Å². The summed E-state index contributed by atoms with van der Waals surface area (Å²) in [6.07, 6.45) is 2.18. The fourth-order valence-corrected chi connectivity index (χ4v) is 5.10. The molecule has 0 aliphatic heterocycles. The van der Waals surface area contributed by atoms with Crippen LogP contribution in [-0.2, 0) is 10.0 Å². The van der Waals surface area contributed by atoms with Gasteiger partial charge in [-0.1, -0.05) is 49.7 Å². The van der Waals surface area contributed by atoms with Crippen LogP contribution in [0.4, 0.5) is 0 Å². The maximum Gasteiger partial charge on any atom is 0.252 e. The summed E-state index contributed by atoms with van der Waals surface area (Å²) in [6, 6.07) is 13.0. The van der Waals surface area contributed by atoms with Gasteiger partial charge in [-0.15, -0.1) is 0 Å². The van der Waals surface area contributed by atoms with Crippen molar-refractivity contribution in [3.8, 4) is 0 Å². The Balaban J connectivity index is 1.89. The molecule has 0 spiro atoms. The summed E-state index contributed by atoms with van der Waals surface area (Å²) in [5, 5.41) is 3.16. The minimum atomic E-state index is -3.61. The summed E-state index contributed by atoms with van der Waals surface area (Å²) in [5.41, 5.74) is 3.45. The van der Waals surface area contributed by atoms with E-state index in [9.17, 15) is 13.2 Å². The minimum Gasteiger partial charge on any atom is -0.345 e. The number of hydrogen-bond donors (Lipinski definition) is 1. The average Bonchev–Trinajstić information content (AvgIpc) is 3.53. The van der Waals surface area contributed by atoms with Gasteiger partial charge in [0.15, 0.2) is 0 Å². The second kappa shape index (κ2) is 8.67. The Kier molecular flexibility index (Phi) is 6.44. The number of benzene rings is 2. The topological polar surface area (TPSA) is 66.5 Å². The number of carbonyl (C=O) groups is 1. The summed E-state index contributed by atoms with van der Waals surface area (Å²) in [6.45, 7) is 8.28. The molecule has 2 aromatic rings. The van der Waals surface area contributed by atoms with Gasteiger partial charge in [0.1, 0.15) is 0 Å². The van der Waals surface area contributed by atoms with Crippen molar-refractivity contribution in [3.05, 3.63) is 64.7 Å². The van der Waals surface area contributed by atoms with Gasteiger partial charge in [0.2, 0.25) is 10.0 Å². The Bertz CT molecular complexity index is 976. The van der Waals surface area contributed by atoms with Gasteiger partial charge in [0.25, 0.3) is 5.91 Å². The lowest BCUT2D eigenvalue weighted by molar-refractivity contribution is 0.0931. The van der Waals surface area contributed by atoms with E-state index in [0.717, 1.165) is 24.0 Å². The number of carbonyl (C=O) groups excluding carboxylic acids is 1. The maximum atomic E-state index is 13.1. The average molecular weight is 415 g/mol. The van der Waals surface area contributed by atoms with Crippen LogP contribution >= 0.6 is 0 Å². The van der Waals surface area contributed by atoms with Gasteiger partial charge in [0, 0.05) is 18.7 Å². The molecule has 6 heteroatoms. The van der Waals surface area contributed by atoms with E-state index in [1.165, 1.54) is 15.9 Å². The van der Waals surface area contributed by atoms with E-state index >= 15 is 0 Å². The Hall–Kier alpha value is -2.18. The van der Waals surface area contributed by atoms with Crippen LogP contribution in [0.1, 0.15) is 59.8 Å². The van der Waals surface area contributed by atoms with E-state index in [4.69, 9.17) is 0 Å². The van der Waals surface area contributed by atoms with Gasteiger partial charge in [-0.3, -0.25) is 4.79 Å². The molecule has 1 atom stereocenters. The molecule has 29 heavy (non-hydrogen) atoms. The van der Waals surface area contributed by atoms with E-state index < -0.39 is 10.0 Å². The Morgan fingerprint density at radius 2 is 1.69 bits per heavy atom. The predicted molar refractivity (Wildman–Crippen MR) is 115 cm³/mol. The summed E-state index contributed by atoms with van der Waals surface area (Å²) in [5.74, 6) is 0.209. The first-order valence-corrected chi connectivity index (χ1v) is 11.7. The van der Waals surface area contributed by atoms with Gasteiger partial charge in [-0.2, -0.15) is 4.31 Å². The SMILES string of the molecule is CCN(CC)S(=O)(=O)c1ccc(C)c(C(=O)NC(c2ccc(C)cc2)C2CC2)c1. The molecule has 1 aliphatic rings. The molecule has 1 aliphatic carbocycles. The summed E-state index contributed by atoms with van der Waals surface area (Å²) < 4.78 is 27.1. The van der Waals surface area contributed by atoms with Crippen LogP contribution in [0.3, 0.4) is 0 Å². The Morgan fingerprint density at radius 3 is 2.24 bits per heavy atom. The lowest BCUT2D eigenvalue weighted by atomic mass is 10.00. The molecular formula is C23H30N2O3S. The molecule has 3 rings (SSSR count). The molecule has 1 N–H and O–H groups in total. The van der Waals surface area contributed by atoms with Crippen LogP contribution < -0.4 is 5.32 Å². The summed E-state index contributed by atoms with van der Waals surface area (Å²) in [4.78, 5) is 13.3. The van der Waals surface area contributed by atoms with E-state index in [2.05, 4.69) is 29.6 Å². The van der Waals surface area contributed by atoms with Gasteiger partial charge < -0.3 is 5.32 Å². The van der Waals surface area contributed by atoms with Crippen molar-refractivity contribution in [3.63, 3.8) is 0 Å². The largest absolute Gasteiger partial charge is 0.345 e. The van der Waals surface area contributed by atoms with Crippen LogP contribution in [0.15, 0.2) is 47.4 Å². The van der Waals surface area contributed by atoms with Gasteiger partial charge in [0.05, 0.1) is 10.9 Å². The van der Waals surface area contributed by atoms with E-state index in [1.54, 1.807) is 12.1 Å². The maximum absolute atomic E-state index is 13.1. The third-order valence-electron chi connectivity index (χ3n) is 5.61. The van der Waals surface area contributed by atoms with Gasteiger partial charge in [-0.25, -0.2) is 8.42 Å². The van der Waals surface area contributed by atoms with Crippen molar-refractivity contribution >= 4 is 15.9 Å². The molecule has 0 radical (unpaired) electrons. The monoisotopic (exact) mass is 414 g/mol. The molecule has 2 aromatic carbocycles. The first-order valence-electron chi connectivity index (χ1n) is 10.3. The third-order valence-corrected chi connectivity index (χ3v) is 7.66. The standard InChI is InChI=1S/C23H30N2O3S/c1-5-25(6-2)29(27,28)20-14-9-17(4)21(15-20)23(26)24-22(19-12-13-19)18-10-7-16(3)8-11-18/h7-11,14-15,19,22H,5-6,12-13H2,1-4H3,(H,24,26). The molecule has 0 bridgehead atoms. The zero-order valence-corrected chi connectivity index (χ0v) is 18.4. The molecule has 1 unspecified atom stereocenters. The van der Waals surface area contributed by atoms with E-state index in [0.29, 0.717) is 24.6 Å². The highest BCUT2D eigenvalue weighted by Gasteiger charge is 2.34. The molecular weight excluding hydrogens is 384 g/mol. The molecule has 1 amide bonds. The molecule has 0 aromatic heterocycles. The molecule has 1 fully saturated rings. The number of amides is 1. The van der Waals surface area contributed by atoms with Crippen molar-refractivity contribution in [1.29, 1.82) is 0 Å². The highest BCUT2D eigenvalue weighted by atomic mass is 32.2. The van der Waals surface area contributed by atoms with Gasteiger partial charge in [-0.05, 0) is 55.9 Å². The van der Waals surface area contributed by atoms with E-state index in [-0.39, 0.29) is 16.8 Å². The summed E-state index contributed by atoms with van der Waals surface area (Å²) in [7, 11) is -3.61. The number of aryl methyl sites for hydroxylation is 2. The van der Waals surface area contributed by atoms with Crippen molar-refractivity contribution in [2.24, 2.45) is 5.92 Å². The fourth-order valence-electron chi connectivity index (χ4n) is 3.61. The van der Waals surface area contributed by atoms with Gasteiger partial charge >= 0.3 is 0 Å². The number of sulfonamides is 1. The van der Waals surface area contributed by atoms with Crippen molar-refractivity contribution in [2.75, 3.05) is 13.1 Å². The number of nitrogens with one attached hydrogen (secondary N) is 1. The lowest BCUT2D eigenvalue weighted by Gasteiger charge is -2.21. The van der Waals surface area contributed by atoms with Crippen LogP contribution in [0, 0.1) is 19.8 Å². The molecule has 0 saturated heterocycles. The zero-order valence-electron chi connectivity index (χ0n) is 17.6. The second-order valence-corrected chi connectivity index (χ2v) is 9.70. The molecule has 156 valence electrons. The summed E-state index contributed by atoms with van der Waals surface area (Å²) >= 11 is 0. The molecule has 1 saturated carbocycles. The zero-order chi connectivity index (χ0) is 21.2. The van der Waals surface area contributed by atoms with Crippen LogP contribution in [0.5, 0.6) is 0 Å². The smallest absolute Gasteiger partial charge is 0.252 e. The Morgan fingerprint density at radius 1 is 1.07 bits per heavy atom. The molecule has 0 heterocycles.